The number of nitrogens with one attached hydrogen (secondary N) is 2. The van der Waals surface area contributed by atoms with Crippen molar-refractivity contribution < 1.29 is 24.2 Å². The highest BCUT2D eigenvalue weighted by Crippen LogP contribution is 2.48. The normalized spacial score (nSPS) is 35.3. The molecule has 0 radical (unpaired) electrons. The molecule has 2 aromatic rings. The first-order valence-electron chi connectivity index (χ1n) is 15.0. The molecule has 7 atom stereocenters. The van der Waals surface area contributed by atoms with Crippen molar-refractivity contribution in [2.45, 2.75) is 82.6 Å². The van der Waals surface area contributed by atoms with Crippen molar-refractivity contribution in [1.82, 2.24) is 25.0 Å². The van der Waals surface area contributed by atoms with Crippen LogP contribution in [0.5, 0.6) is 0 Å². The lowest BCUT2D eigenvalue weighted by molar-refractivity contribution is -0.319. The molecule has 41 heavy (non-hydrogen) atoms. The Balaban J connectivity index is 1.23. The van der Waals surface area contributed by atoms with Crippen LogP contribution < -0.4 is 5.32 Å². The number of amides is 3. The van der Waals surface area contributed by atoms with Gasteiger partial charge in [0.05, 0.1) is 5.92 Å². The number of carbonyl (C=O) groups is 3. The van der Waals surface area contributed by atoms with Crippen LogP contribution in [0, 0.1) is 11.8 Å². The second-order valence-electron chi connectivity index (χ2n) is 12.6. The van der Waals surface area contributed by atoms with Gasteiger partial charge in [0.1, 0.15) is 12.1 Å². The first-order chi connectivity index (χ1) is 19.6. The van der Waals surface area contributed by atoms with Crippen LogP contribution >= 0.6 is 0 Å². The molecule has 5 aliphatic rings. The smallest absolute Gasteiger partial charge is 0.281 e. The first kappa shape index (κ1) is 26.7. The number of rotatable bonds is 5. The standard InChI is InChI=1S/C31H39N5O5/c1-5-17(3)26-28(38)35-12-8-11-24(35)31(40)36(26)29(39)30(6-2,41-31)33-27(37)19-13-21-20-9-7-10-22-25(20)18(15-32-22)14-23(21)34(4)16-19/h7,9-10,13,15,17,19,23-24,26,32,40H,5-6,8,11-12,14,16H2,1-4H3,(H,33,37)/t17-,19+,23+,24-,26?,30+,31-/m0/s1. The van der Waals surface area contributed by atoms with E-state index in [9.17, 15) is 19.5 Å². The Bertz CT molecular complexity index is 1480. The van der Waals surface area contributed by atoms with Crippen molar-refractivity contribution in [1.29, 1.82) is 0 Å². The third-order valence-electron chi connectivity index (χ3n) is 10.3. The third-order valence-corrected chi connectivity index (χ3v) is 10.3. The van der Waals surface area contributed by atoms with Gasteiger partial charge in [0.15, 0.2) is 0 Å². The van der Waals surface area contributed by atoms with Crippen molar-refractivity contribution in [2.24, 2.45) is 11.8 Å². The second-order valence-corrected chi connectivity index (χ2v) is 12.6. The quantitative estimate of drug-likeness (QED) is 0.515. The minimum Gasteiger partial charge on any atom is -0.361 e. The summed E-state index contributed by atoms with van der Waals surface area (Å²) in [7, 11) is 2.03. The molecule has 3 fully saturated rings. The van der Waals surface area contributed by atoms with Crippen LogP contribution in [-0.2, 0) is 25.5 Å². The molecule has 10 nitrogen and oxygen atoms in total. The van der Waals surface area contributed by atoms with Crippen molar-refractivity contribution in [3.8, 4) is 0 Å². The number of nitrogens with zero attached hydrogens (tertiary/aromatic N) is 3. The molecule has 218 valence electrons. The van der Waals surface area contributed by atoms with Gasteiger partial charge in [-0.25, -0.2) is 0 Å². The van der Waals surface area contributed by atoms with Gasteiger partial charge >= 0.3 is 0 Å². The number of H-pyrrole nitrogens is 1. The van der Waals surface area contributed by atoms with E-state index in [1.165, 1.54) is 15.8 Å². The van der Waals surface area contributed by atoms with Crippen LogP contribution in [0.4, 0.5) is 0 Å². The molecule has 5 heterocycles. The number of aliphatic hydroxyl groups is 1. The summed E-state index contributed by atoms with van der Waals surface area (Å²) >= 11 is 0. The average Bonchev–Trinajstić information content (AvgIpc) is 3.68. The van der Waals surface area contributed by atoms with Gasteiger partial charge in [-0.3, -0.25) is 28.9 Å². The van der Waals surface area contributed by atoms with Crippen LogP contribution in [0.3, 0.4) is 0 Å². The fourth-order valence-electron chi connectivity index (χ4n) is 7.96. The fourth-order valence-corrected chi connectivity index (χ4v) is 7.96. The molecule has 10 heteroatoms. The summed E-state index contributed by atoms with van der Waals surface area (Å²) in [5.41, 5.74) is 2.84. The molecular weight excluding hydrogens is 522 g/mol. The summed E-state index contributed by atoms with van der Waals surface area (Å²) in [6.07, 6.45) is 7.01. The van der Waals surface area contributed by atoms with Crippen LogP contribution in [0.2, 0.25) is 0 Å². The van der Waals surface area contributed by atoms with Crippen LogP contribution in [-0.4, -0.2) is 92.4 Å². The molecule has 0 saturated carbocycles. The molecule has 4 aliphatic heterocycles. The Hall–Kier alpha value is -3.21. The predicted molar refractivity (Wildman–Crippen MR) is 152 cm³/mol. The van der Waals surface area contributed by atoms with E-state index in [1.54, 1.807) is 11.8 Å². The highest BCUT2D eigenvalue weighted by atomic mass is 16.7. The van der Waals surface area contributed by atoms with E-state index in [0.29, 0.717) is 25.9 Å². The number of benzene rings is 1. The minimum absolute atomic E-state index is 0.123. The van der Waals surface area contributed by atoms with Crippen LogP contribution in [0.1, 0.15) is 57.6 Å². The molecular formula is C31H39N5O5. The molecule has 3 N–H and O–H groups in total. The van der Waals surface area contributed by atoms with E-state index in [0.717, 1.165) is 29.5 Å². The highest BCUT2D eigenvalue weighted by Gasteiger charge is 2.71. The lowest BCUT2D eigenvalue weighted by Gasteiger charge is -2.50. The SMILES string of the molecule is CC[C@H](C)C1C(=O)N2CCC[C@H]2[C@]2(O)O[C@@](CC)(NC(=O)[C@@H]3C=C4c5cccc6[nH]cc(c56)C[C@H]4N(C)C3)C(=O)N12. The van der Waals surface area contributed by atoms with Gasteiger partial charge in [-0.05, 0) is 55.0 Å². The van der Waals surface area contributed by atoms with Crippen molar-refractivity contribution in [2.75, 3.05) is 20.1 Å². The van der Waals surface area contributed by atoms with E-state index >= 15 is 0 Å². The number of ether oxygens (including phenoxy) is 1. The maximum absolute atomic E-state index is 14.2. The predicted octanol–water partition coefficient (Wildman–Crippen LogP) is 2.18. The molecule has 7 rings (SSSR count). The number of piperazine rings is 1. The van der Waals surface area contributed by atoms with Gasteiger partial charge in [-0.2, -0.15) is 0 Å². The average molecular weight is 562 g/mol. The largest absolute Gasteiger partial charge is 0.361 e. The number of likely N-dealkylation sites (N-methyl/N-ethyl adjacent to an activating group) is 1. The summed E-state index contributed by atoms with van der Waals surface area (Å²) in [6.45, 7) is 6.66. The maximum Gasteiger partial charge on any atom is 0.281 e. The van der Waals surface area contributed by atoms with Gasteiger partial charge in [0, 0.05) is 42.7 Å². The van der Waals surface area contributed by atoms with Gasteiger partial charge in [0.2, 0.25) is 17.5 Å². The molecule has 1 aromatic carbocycles. The summed E-state index contributed by atoms with van der Waals surface area (Å²) in [5.74, 6) is -3.73. The maximum atomic E-state index is 14.2. The summed E-state index contributed by atoms with van der Waals surface area (Å²) in [6, 6.07) is 4.85. The number of aromatic nitrogens is 1. The second kappa shape index (κ2) is 9.14. The lowest BCUT2D eigenvalue weighted by atomic mass is 9.79. The zero-order valence-corrected chi connectivity index (χ0v) is 24.1. The topological polar surface area (TPSA) is 118 Å². The lowest BCUT2D eigenvalue weighted by Crippen LogP contribution is -2.72. The Morgan fingerprint density at radius 3 is 2.85 bits per heavy atom. The molecule has 1 aromatic heterocycles. The van der Waals surface area contributed by atoms with E-state index in [-0.39, 0.29) is 30.2 Å². The first-order valence-corrected chi connectivity index (χ1v) is 15.0. The molecule has 3 amide bonds. The highest BCUT2D eigenvalue weighted by molar-refractivity contribution is 6.01. The number of fused-ring (bicyclic) bond motifs is 5. The third kappa shape index (κ3) is 3.56. The van der Waals surface area contributed by atoms with Crippen molar-refractivity contribution in [3.05, 3.63) is 41.6 Å². The van der Waals surface area contributed by atoms with E-state index in [1.807, 2.05) is 33.0 Å². The van der Waals surface area contributed by atoms with Crippen LogP contribution in [0.15, 0.2) is 30.5 Å². The number of aromatic amines is 1. The molecule has 3 saturated heterocycles. The molecule has 0 bridgehead atoms. The summed E-state index contributed by atoms with van der Waals surface area (Å²) in [5, 5.41) is 16.2. The zero-order valence-electron chi connectivity index (χ0n) is 24.1. The van der Waals surface area contributed by atoms with E-state index < -0.39 is 35.5 Å². The van der Waals surface area contributed by atoms with Gasteiger partial charge in [-0.1, -0.05) is 45.4 Å². The van der Waals surface area contributed by atoms with E-state index in [2.05, 4.69) is 33.5 Å². The zero-order chi connectivity index (χ0) is 28.8. The Morgan fingerprint density at radius 1 is 1.29 bits per heavy atom. The summed E-state index contributed by atoms with van der Waals surface area (Å²) in [4.78, 5) is 50.3. The molecule has 1 aliphatic carbocycles. The van der Waals surface area contributed by atoms with Gasteiger partial charge in [0.25, 0.3) is 11.8 Å². The minimum atomic E-state index is -1.99. The Morgan fingerprint density at radius 2 is 2.10 bits per heavy atom. The Kier molecular flexibility index (Phi) is 5.95. The van der Waals surface area contributed by atoms with Gasteiger partial charge in [-0.15, -0.1) is 0 Å². The molecule has 0 spiro atoms. The number of hydrogen-bond acceptors (Lipinski definition) is 6. The van der Waals surface area contributed by atoms with E-state index in [4.69, 9.17) is 4.74 Å². The number of carbonyl (C=O) groups excluding carboxylic acids is 3. The van der Waals surface area contributed by atoms with Crippen LogP contribution in [0.25, 0.3) is 16.5 Å². The van der Waals surface area contributed by atoms with Gasteiger partial charge < -0.3 is 20.3 Å². The monoisotopic (exact) mass is 561 g/mol. The summed E-state index contributed by atoms with van der Waals surface area (Å²) < 4.78 is 6.33. The molecule has 1 unspecified atom stereocenters. The number of hydrogen-bond donors (Lipinski definition) is 3. The van der Waals surface area contributed by atoms with Crippen molar-refractivity contribution in [3.63, 3.8) is 0 Å². The van der Waals surface area contributed by atoms with Crippen molar-refractivity contribution >= 4 is 34.2 Å². The Labute approximate surface area is 239 Å². The fraction of sp³-hybridized carbons (Fsp3) is 0.581.